The fourth-order valence-corrected chi connectivity index (χ4v) is 3.15. The van der Waals surface area contributed by atoms with E-state index in [1.165, 1.54) is 8.00 Å². The van der Waals surface area contributed by atoms with Gasteiger partial charge in [0.2, 0.25) is 0 Å². The summed E-state index contributed by atoms with van der Waals surface area (Å²) >= 11 is 4.31. The first-order chi connectivity index (χ1) is 6.69. The quantitative estimate of drug-likeness (QED) is 0.401. The molecule has 1 rings (SSSR count). The summed E-state index contributed by atoms with van der Waals surface area (Å²) in [4.78, 5) is 12.2. The molecule has 1 amide bonds. The average molecular weight is 322 g/mol. The molecule has 0 aliphatic rings. The minimum absolute atomic E-state index is 0.0556. The number of carbonyl (C=O) groups is 1. The Morgan fingerprint density at radius 2 is 2.29 bits per heavy atom. The van der Waals surface area contributed by atoms with Crippen LogP contribution < -0.4 is 26.5 Å². The average Bonchev–Trinajstić information content (AvgIpc) is 2.20. The Morgan fingerprint density at radius 1 is 1.57 bits per heavy atom. The third-order valence-corrected chi connectivity index (χ3v) is 4.42. The van der Waals surface area contributed by atoms with Crippen LogP contribution in [0.5, 0.6) is 0 Å². The molecule has 4 heteroatoms. The van der Waals surface area contributed by atoms with Gasteiger partial charge in [-0.25, -0.2) is 0 Å². The molecule has 0 fully saturated rings. The predicted octanol–water partition coefficient (Wildman–Crippen LogP) is -1.39. The van der Waals surface area contributed by atoms with Crippen molar-refractivity contribution in [1.29, 1.82) is 0 Å². The van der Waals surface area contributed by atoms with Gasteiger partial charge in [0.15, 0.2) is 0 Å². The van der Waals surface area contributed by atoms with Crippen molar-refractivity contribution in [1.82, 2.24) is 5.32 Å². The van der Waals surface area contributed by atoms with E-state index < -0.39 is 0 Å². The van der Waals surface area contributed by atoms with Gasteiger partial charge < -0.3 is 0 Å². The molecular formula is C10H13INOS-. The summed E-state index contributed by atoms with van der Waals surface area (Å²) < 4.78 is 2.49. The topological polar surface area (TPSA) is 29.1 Å². The van der Waals surface area contributed by atoms with E-state index >= 15 is 0 Å². The minimum atomic E-state index is -0.0584. The zero-order valence-electron chi connectivity index (χ0n) is 8.17. The standard InChI is InChI=1S/C10H13INOS/c1-3-11-7-4-5-9(14)8(6-7)10(13)12-2/h4-6,14H,3H2,1-2H3,(H,12,13)/q-1. The van der Waals surface area contributed by atoms with Crippen LogP contribution in [0.4, 0.5) is 0 Å². The molecule has 78 valence electrons. The molecule has 0 aliphatic carbocycles. The molecule has 0 bridgehead atoms. The van der Waals surface area contributed by atoms with Crippen LogP contribution >= 0.6 is 12.6 Å². The monoisotopic (exact) mass is 322 g/mol. The number of alkyl halides is 1. The van der Waals surface area contributed by atoms with Gasteiger partial charge in [-0.1, -0.05) is 0 Å². The molecule has 0 spiro atoms. The van der Waals surface area contributed by atoms with Gasteiger partial charge in [-0.15, -0.1) is 0 Å². The third-order valence-electron chi connectivity index (χ3n) is 1.72. The van der Waals surface area contributed by atoms with Crippen molar-refractivity contribution in [2.24, 2.45) is 0 Å². The SMILES string of the molecule is CC[I-]c1ccc(S)c(C(=O)NC)c1. The van der Waals surface area contributed by atoms with Crippen molar-refractivity contribution >= 4 is 18.5 Å². The molecule has 1 N–H and O–H groups in total. The molecule has 0 saturated carbocycles. The Morgan fingerprint density at radius 3 is 2.86 bits per heavy atom. The number of benzene rings is 1. The summed E-state index contributed by atoms with van der Waals surface area (Å²) in [7, 11) is 1.64. The van der Waals surface area contributed by atoms with Gasteiger partial charge in [0.25, 0.3) is 0 Å². The molecule has 0 unspecified atom stereocenters. The van der Waals surface area contributed by atoms with E-state index in [9.17, 15) is 4.79 Å². The van der Waals surface area contributed by atoms with E-state index in [2.05, 4.69) is 30.9 Å². The Labute approximate surface area is 100 Å². The first kappa shape index (κ1) is 11.8. The zero-order chi connectivity index (χ0) is 10.6. The van der Waals surface area contributed by atoms with Gasteiger partial charge >= 0.3 is 100 Å². The maximum absolute atomic E-state index is 11.4. The van der Waals surface area contributed by atoms with Gasteiger partial charge in [0.05, 0.1) is 0 Å². The van der Waals surface area contributed by atoms with Crippen molar-refractivity contribution < 1.29 is 26.0 Å². The van der Waals surface area contributed by atoms with Gasteiger partial charge in [-0.2, -0.15) is 0 Å². The zero-order valence-corrected chi connectivity index (χ0v) is 11.2. The number of rotatable bonds is 3. The fourth-order valence-electron chi connectivity index (χ4n) is 1.06. The Bertz CT molecular complexity index is 341. The molecule has 0 saturated heterocycles. The van der Waals surface area contributed by atoms with E-state index in [4.69, 9.17) is 0 Å². The number of thiol groups is 1. The van der Waals surface area contributed by atoms with E-state index in [1.54, 1.807) is 7.05 Å². The van der Waals surface area contributed by atoms with Crippen LogP contribution in [0.25, 0.3) is 0 Å². The summed E-state index contributed by atoms with van der Waals surface area (Å²) in [6, 6.07) is 5.92. The fraction of sp³-hybridized carbons (Fsp3) is 0.300. The summed E-state index contributed by atoms with van der Waals surface area (Å²) in [5.41, 5.74) is 0.682. The second-order valence-corrected chi connectivity index (χ2v) is 6.66. The molecule has 0 heterocycles. The van der Waals surface area contributed by atoms with Crippen LogP contribution in [0.1, 0.15) is 17.3 Å². The van der Waals surface area contributed by atoms with Crippen molar-refractivity contribution in [2.75, 3.05) is 11.5 Å². The molecule has 0 atom stereocenters. The van der Waals surface area contributed by atoms with Crippen molar-refractivity contribution in [3.63, 3.8) is 0 Å². The van der Waals surface area contributed by atoms with E-state index in [1.807, 2.05) is 12.1 Å². The van der Waals surface area contributed by atoms with Crippen molar-refractivity contribution in [3.8, 4) is 0 Å². The van der Waals surface area contributed by atoms with Gasteiger partial charge in [-0.05, 0) is 0 Å². The molecule has 1 aromatic carbocycles. The summed E-state index contributed by atoms with van der Waals surface area (Å²) in [6.45, 7) is 2.17. The molecular weight excluding hydrogens is 309 g/mol. The molecule has 0 aromatic heterocycles. The summed E-state index contributed by atoms with van der Waals surface area (Å²) in [5, 5.41) is 2.62. The summed E-state index contributed by atoms with van der Waals surface area (Å²) in [5.74, 6) is -0.0584. The molecule has 1 aromatic rings. The number of carbonyl (C=O) groups excluding carboxylic acids is 1. The van der Waals surface area contributed by atoms with E-state index in [-0.39, 0.29) is 27.1 Å². The van der Waals surface area contributed by atoms with Gasteiger partial charge in [0.1, 0.15) is 0 Å². The Kier molecular flexibility index (Phi) is 4.74. The molecule has 0 radical (unpaired) electrons. The van der Waals surface area contributed by atoms with Crippen LogP contribution in [-0.2, 0) is 0 Å². The van der Waals surface area contributed by atoms with Crippen molar-refractivity contribution in [2.45, 2.75) is 11.8 Å². The second-order valence-electron chi connectivity index (χ2n) is 2.64. The molecule has 14 heavy (non-hydrogen) atoms. The van der Waals surface area contributed by atoms with Crippen LogP contribution in [-0.4, -0.2) is 17.4 Å². The first-order valence-corrected chi connectivity index (χ1v) is 7.38. The van der Waals surface area contributed by atoms with Crippen LogP contribution in [0.15, 0.2) is 23.1 Å². The third kappa shape index (κ3) is 2.88. The summed E-state index contributed by atoms with van der Waals surface area (Å²) in [6.07, 6.45) is 0. The van der Waals surface area contributed by atoms with E-state index in [0.29, 0.717) is 5.56 Å². The number of hydrogen-bond acceptors (Lipinski definition) is 2. The Balaban J connectivity index is 3.01. The van der Waals surface area contributed by atoms with Crippen LogP contribution in [0.3, 0.4) is 0 Å². The predicted molar refractivity (Wildman–Crippen MR) is 56.3 cm³/mol. The maximum atomic E-state index is 11.4. The van der Waals surface area contributed by atoms with E-state index in [0.717, 1.165) is 4.90 Å². The first-order valence-electron chi connectivity index (χ1n) is 4.33. The second kappa shape index (κ2) is 5.60. The van der Waals surface area contributed by atoms with Crippen LogP contribution in [0.2, 0.25) is 0 Å². The number of halogens is 1. The Hall–Kier alpha value is -0.230. The number of nitrogens with one attached hydrogen (secondary N) is 1. The normalized spacial score (nSPS) is 10.2. The molecule has 2 nitrogen and oxygen atoms in total. The molecule has 0 aliphatic heterocycles. The van der Waals surface area contributed by atoms with Gasteiger partial charge in [-0.3, -0.25) is 0 Å². The van der Waals surface area contributed by atoms with Crippen molar-refractivity contribution in [3.05, 3.63) is 27.3 Å². The van der Waals surface area contributed by atoms with Gasteiger partial charge in [0, 0.05) is 0 Å². The van der Waals surface area contributed by atoms with Crippen LogP contribution in [0, 0.1) is 3.57 Å². The number of amides is 1. The number of hydrogen-bond donors (Lipinski definition) is 2.